The molecule has 1 N–H and O–H groups in total. The van der Waals surface area contributed by atoms with E-state index in [1.807, 2.05) is 0 Å². The van der Waals surface area contributed by atoms with E-state index in [0.29, 0.717) is 6.54 Å². The van der Waals surface area contributed by atoms with Crippen LogP contribution in [0.15, 0.2) is 12.7 Å². The summed E-state index contributed by atoms with van der Waals surface area (Å²) >= 11 is 5.77. The number of hydrogen-bond donors (Lipinski definition) is 1. The fourth-order valence-corrected chi connectivity index (χ4v) is 1.79. The molecular formula is C9H12ClNO3. The number of alkyl halides is 1. The fourth-order valence-electron chi connectivity index (χ4n) is 1.51. The van der Waals surface area contributed by atoms with E-state index in [0.717, 1.165) is 0 Å². The minimum absolute atomic E-state index is 0.195. The van der Waals surface area contributed by atoms with Crippen LogP contribution < -0.4 is 0 Å². The highest BCUT2D eigenvalue weighted by Gasteiger charge is 2.36. The van der Waals surface area contributed by atoms with Crippen molar-refractivity contribution in [3.05, 3.63) is 12.7 Å². The summed E-state index contributed by atoms with van der Waals surface area (Å²) in [5.74, 6) is -1.21. The van der Waals surface area contributed by atoms with Crippen LogP contribution in [0, 0.1) is 0 Å². The van der Waals surface area contributed by atoms with Crippen LogP contribution >= 0.6 is 11.6 Å². The van der Waals surface area contributed by atoms with Crippen LogP contribution in [0.2, 0.25) is 0 Å². The topological polar surface area (TPSA) is 57.6 Å². The Hall–Kier alpha value is -1.03. The van der Waals surface area contributed by atoms with Gasteiger partial charge in [0.25, 0.3) is 0 Å². The number of aliphatic carboxylic acids is 1. The predicted molar refractivity (Wildman–Crippen MR) is 52.2 cm³/mol. The Bertz CT molecular complexity index is 267. The Balaban J connectivity index is 2.73. The van der Waals surface area contributed by atoms with Gasteiger partial charge in [-0.1, -0.05) is 6.08 Å². The van der Waals surface area contributed by atoms with E-state index < -0.39 is 12.0 Å². The predicted octanol–water partition coefficient (Wildman–Crippen LogP) is 0.855. The van der Waals surface area contributed by atoms with E-state index >= 15 is 0 Å². The maximum atomic E-state index is 11.3. The van der Waals surface area contributed by atoms with Gasteiger partial charge in [-0.3, -0.25) is 4.79 Å². The second kappa shape index (κ2) is 4.46. The number of halogens is 1. The Labute approximate surface area is 87.1 Å². The van der Waals surface area contributed by atoms with Crippen molar-refractivity contribution in [2.75, 3.05) is 6.54 Å². The summed E-state index contributed by atoms with van der Waals surface area (Å²) in [5.41, 5.74) is 0. The smallest absolute Gasteiger partial charge is 0.326 e. The third-order valence-electron chi connectivity index (χ3n) is 2.16. The zero-order valence-electron chi connectivity index (χ0n) is 7.65. The van der Waals surface area contributed by atoms with Crippen LogP contribution in [0.3, 0.4) is 0 Å². The maximum Gasteiger partial charge on any atom is 0.326 e. The molecule has 0 spiro atoms. The molecule has 2 atom stereocenters. The Morgan fingerprint density at radius 3 is 2.86 bits per heavy atom. The summed E-state index contributed by atoms with van der Waals surface area (Å²) in [5, 5.41) is 8.61. The van der Waals surface area contributed by atoms with Crippen molar-refractivity contribution >= 4 is 23.5 Å². The SMILES string of the molecule is C=CCC(C(=O)O)N1CC(Cl)CC1=O. The molecule has 0 aromatic heterocycles. The molecule has 1 amide bonds. The van der Waals surface area contributed by atoms with Crippen molar-refractivity contribution in [1.82, 2.24) is 4.90 Å². The molecule has 0 radical (unpaired) electrons. The van der Waals surface area contributed by atoms with Crippen LogP contribution in [0.1, 0.15) is 12.8 Å². The largest absolute Gasteiger partial charge is 0.480 e. The van der Waals surface area contributed by atoms with E-state index in [1.165, 1.54) is 11.0 Å². The molecule has 1 fully saturated rings. The Morgan fingerprint density at radius 1 is 1.86 bits per heavy atom. The first-order valence-corrected chi connectivity index (χ1v) is 4.77. The second-order valence-corrected chi connectivity index (χ2v) is 3.84. The van der Waals surface area contributed by atoms with Crippen LogP contribution in [0.25, 0.3) is 0 Å². The van der Waals surface area contributed by atoms with Gasteiger partial charge in [0.15, 0.2) is 0 Å². The van der Waals surface area contributed by atoms with Gasteiger partial charge in [-0.05, 0) is 6.42 Å². The van der Waals surface area contributed by atoms with Gasteiger partial charge in [-0.15, -0.1) is 18.2 Å². The van der Waals surface area contributed by atoms with Crippen molar-refractivity contribution in [3.8, 4) is 0 Å². The van der Waals surface area contributed by atoms with Crippen molar-refractivity contribution in [2.24, 2.45) is 0 Å². The third kappa shape index (κ3) is 2.26. The number of carbonyl (C=O) groups is 2. The molecule has 0 aromatic carbocycles. The zero-order chi connectivity index (χ0) is 10.7. The lowest BCUT2D eigenvalue weighted by Crippen LogP contribution is -2.42. The van der Waals surface area contributed by atoms with Crippen LogP contribution in [-0.2, 0) is 9.59 Å². The molecule has 0 aliphatic carbocycles. The van der Waals surface area contributed by atoms with Gasteiger partial charge in [0.05, 0.1) is 5.38 Å². The number of carboxylic acid groups (broad SMARTS) is 1. The number of carbonyl (C=O) groups excluding carboxylic acids is 1. The average molecular weight is 218 g/mol. The van der Waals surface area contributed by atoms with Crippen molar-refractivity contribution in [3.63, 3.8) is 0 Å². The summed E-state index contributed by atoms with van der Waals surface area (Å²) in [6, 6.07) is -0.816. The molecule has 14 heavy (non-hydrogen) atoms. The first-order chi connectivity index (χ1) is 6.56. The molecule has 1 rings (SSSR count). The number of amides is 1. The van der Waals surface area contributed by atoms with Gasteiger partial charge in [-0.25, -0.2) is 4.79 Å². The molecule has 78 valence electrons. The molecule has 2 unspecified atom stereocenters. The number of likely N-dealkylation sites (tertiary alicyclic amines) is 1. The zero-order valence-corrected chi connectivity index (χ0v) is 8.41. The van der Waals surface area contributed by atoms with Gasteiger partial charge in [0.2, 0.25) is 5.91 Å². The molecule has 5 heteroatoms. The van der Waals surface area contributed by atoms with E-state index in [4.69, 9.17) is 16.7 Å². The first-order valence-electron chi connectivity index (χ1n) is 4.33. The fraction of sp³-hybridized carbons (Fsp3) is 0.556. The molecule has 0 saturated carbocycles. The number of carboxylic acids is 1. The lowest BCUT2D eigenvalue weighted by molar-refractivity contribution is -0.148. The highest BCUT2D eigenvalue weighted by Crippen LogP contribution is 2.20. The van der Waals surface area contributed by atoms with Gasteiger partial charge in [0, 0.05) is 13.0 Å². The normalized spacial score (nSPS) is 23.6. The minimum atomic E-state index is -1.01. The lowest BCUT2D eigenvalue weighted by Gasteiger charge is -2.22. The molecule has 1 aliphatic heterocycles. The summed E-state index contributed by atoms with van der Waals surface area (Å²) < 4.78 is 0. The summed E-state index contributed by atoms with van der Waals surface area (Å²) in [6.45, 7) is 3.77. The van der Waals surface area contributed by atoms with Crippen LogP contribution in [0.5, 0.6) is 0 Å². The lowest BCUT2D eigenvalue weighted by atomic mass is 10.2. The number of nitrogens with zero attached hydrogens (tertiary/aromatic N) is 1. The Morgan fingerprint density at radius 2 is 2.50 bits per heavy atom. The van der Waals surface area contributed by atoms with Gasteiger partial charge in [0.1, 0.15) is 6.04 Å². The number of rotatable bonds is 4. The third-order valence-corrected chi connectivity index (χ3v) is 2.45. The van der Waals surface area contributed by atoms with Crippen molar-refractivity contribution in [1.29, 1.82) is 0 Å². The molecule has 0 bridgehead atoms. The summed E-state index contributed by atoms with van der Waals surface area (Å²) in [4.78, 5) is 23.5. The quantitative estimate of drug-likeness (QED) is 0.561. The van der Waals surface area contributed by atoms with Crippen molar-refractivity contribution < 1.29 is 14.7 Å². The Kier molecular flexibility index (Phi) is 3.52. The molecule has 1 saturated heterocycles. The minimum Gasteiger partial charge on any atom is -0.480 e. The van der Waals surface area contributed by atoms with E-state index in [2.05, 4.69) is 6.58 Å². The standard InChI is InChI=1S/C9H12ClNO3/c1-2-3-7(9(13)14)11-5-6(10)4-8(11)12/h2,6-7H,1,3-5H2,(H,13,14). The first kappa shape index (κ1) is 11.0. The monoisotopic (exact) mass is 217 g/mol. The molecule has 0 aromatic rings. The molecule has 4 nitrogen and oxygen atoms in total. The molecule has 1 aliphatic rings. The van der Waals surface area contributed by atoms with Crippen LogP contribution in [-0.4, -0.2) is 39.8 Å². The van der Waals surface area contributed by atoms with E-state index in [-0.39, 0.29) is 24.1 Å². The summed E-state index contributed by atoms with van der Waals surface area (Å²) in [7, 11) is 0. The van der Waals surface area contributed by atoms with E-state index in [1.54, 1.807) is 0 Å². The molecule has 1 heterocycles. The second-order valence-electron chi connectivity index (χ2n) is 3.23. The average Bonchev–Trinajstić information content (AvgIpc) is 2.40. The molecular weight excluding hydrogens is 206 g/mol. The van der Waals surface area contributed by atoms with E-state index in [9.17, 15) is 9.59 Å². The highest BCUT2D eigenvalue weighted by molar-refractivity contribution is 6.22. The van der Waals surface area contributed by atoms with Crippen molar-refractivity contribution in [2.45, 2.75) is 24.3 Å². The number of hydrogen-bond acceptors (Lipinski definition) is 2. The summed E-state index contributed by atoms with van der Waals surface area (Å²) in [6.07, 6.45) is 1.97. The maximum absolute atomic E-state index is 11.3. The van der Waals surface area contributed by atoms with Gasteiger partial charge >= 0.3 is 5.97 Å². The van der Waals surface area contributed by atoms with Crippen LogP contribution in [0.4, 0.5) is 0 Å². The highest BCUT2D eigenvalue weighted by atomic mass is 35.5. The van der Waals surface area contributed by atoms with Gasteiger partial charge < -0.3 is 10.0 Å². The van der Waals surface area contributed by atoms with Gasteiger partial charge in [-0.2, -0.15) is 0 Å².